The Morgan fingerprint density at radius 1 is 0.795 bits per heavy atom. The molecule has 0 spiro atoms. The van der Waals surface area contributed by atoms with Crippen LogP contribution in [0.25, 0.3) is 0 Å². The molecule has 9 rings (SSSR count). The fourth-order valence-electron chi connectivity index (χ4n) is 11.1. The molecule has 242 valence electrons. The van der Waals surface area contributed by atoms with Gasteiger partial charge in [0.15, 0.2) is 0 Å². The summed E-state index contributed by atoms with van der Waals surface area (Å²) in [5.41, 5.74) is 4.97. The highest BCUT2D eigenvalue weighted by Crippen LogP contribution is 2.63. The molecule has 0 N–H and O–H groups in total. The highest BCUT2D eigenvalue weighted by Gasteiger charge is 2.56. The average Bonchev–Trinajstić information content (AvgIpc) is 2.99. The second kappa shape index (κ2) is 12.5. The summed E-state index contributed by atoms with van der Waals surface area (Å²) in [6.07, 6.45) is 14.0. The van der Waals surface area contributed by atoms with Crippen LogP contribution in [0, 0.1) is 53.8 Å². The summed E-state index contributed by atoms with van der Waals surface area (Å²) in [5, 5.41) is 0. The zero-order valence-electron chi connectivity index (χ0n) is 29.0. The number of aryl methyl sites for hydroxylation is 1. The van der Waals surface area contributed by atoms with Gasteiger partial charge in [0.2, 0.25) is 0 Å². The summed E-state index contributed by atoms with van der Waals surface area (Å²) in [5.74, 6) is 9.57. The quantitative estimate of drug-likeness (QED) is 0.287. The van der Waals surface area contributed by atoms with E-state index in [0.717, 1.165) is 71.6 Å². The van der Waals surface area contributed by atoms with Crippen LogP contribution in [0.5, 0.6) is 17.2 Å². The standard InChI is InChI=1S/C20H29NO.C20H30O2/c1-14-4-5-19(22-3)18(6-14)13-21(2)20-10-15-7-16(11-20)9-17(8-15)12-20;1-13-14(11-15-12-17(13)20(15,2)3)9-10-16-18(21-4)7-6-8-19(16)22-5/h4-6,15-17H,7-13H2,1-3H3;6-8,13-15,17H,9-12H2,1-5H3/t;13-,14+,15+,17+/m.1/s1. The first-order valence-corrected chi connectivity index (χ1v) is 17.6. The van der Waals surface area contributed by atoms with Crippen LogP contribution in [0.2, 0.25) is 0 Å². The number of ether oxygens (including phenoxy) is 3. The van der Waals surface area contributed by atoms with Gasteiger partial charge < -0.3 is 14.2 Å². The van der Waals surface area contributed by atoms with E-state index in [1.54, 1.807) is 21.3 Å². The Balaban J connectivity index is 0.000000156. The van der Waals surface area contributed by atoms with Crippen LogP contribution in [0.4, 0.5) is 0 Å². The Morgan fingerprint density at radius 2 is 1.39 bits per heavy atom. The molecule has 7 fully saturated rings. The minimum absolute atomic E-state index is 0.476. The molecule has 7 aliphatic rings. The van der Waals surface area contributed by atoms with E-state index < -0.39 is 0 Å². The smallest absolute Gasteiger partial charge is 0.125 e. The van der Waals surface area contributed by atoms with Crippen molar-refractivity contribution in [3.8, 4) is 17.2 Å². The maximum absolute atomic E-state index is 5.59. The molecule has 4 nitrogen and oxygen atoms in total. The minimum Gasteiger partial charge on any atom is -0.496 e. The van der Waals surface area contributed by atoms with Gasteiger partial charge in [-0.3, -0.25) is 4.90 Å². The molecule has 2 aromatic carbocycles. The van der Waals surface area contributed by atoms with E-state index >= 15 is 0 Å². The Kier molecular flexibility index (Phi) is 9.05. The highest BCUT2D eigenvalue weighted by molar-refractivity contribution is 5.45. The largest absolute Gasteiger partial charge is 0.496 e. The van der Waals surface area contributed by atoms with Crippen LogP contribution in [0.15, 0.2) is 36.4 Å². The van der Waals surface area contributed by atoms with E-state index in [-0.39, 0.29) is 0 Å². The van der Waals surface area contributed by atoms with Gasteiger partial charge in [-0.25, -0.2) is 0 Å². The molecule has 4 heteroatoms. The first-order valence-electron chi connectivity index (χ1n) is 17.6. The lowest BCUT2D eigenvalue weighted by Crippen LogP contribution is -2.58. The average molecular weight is 602 g/mol. The van der Waals surface area contributed by atoms with Crippen LogP contribution in [0.1, 0.15) is 95.2 Å². The van der Waals surface area contributed by atoms with Gasteiger partial charge in [0.05, 0.1) is 21.3 Å². The Morgan fingerprint density at radius 3 is 1.91 bits per heavy atom. The van der Waals surface area contributed by atoms with Crippen molar-refractivity contribution in [2.45, 2.75) is 104 Å². The molecular weight excluding hydrogens is 542 g/mol. The van der Waals surface area contributed by atoms with Crippen molar-refractivity contribution >= 4 is 0 Å². The topological polar surface area (TPSA) is 30.9 Å². The number of rotatable bonds is 9. The molecule has 44 heavy (non-hydrogen) atoms. The molecule has 4 atom stereocenters. The van der Waals surface area contributed by atoms with E-state index in [0.29, 0.717) is 11.0 Å². The van der Waals surface area contributed by atoms with Gasteiger partial charge in [0.1, 0.15) is 17.2 Å². The normalized spacial score (nSPS) is 34.2. The molecule has 0 aliphatic heterocycles. The predicted octanol–water partition coefficient (Wildman–Crippen LogP) is 9.36. The van der Waals surface area contributed by atoms with Crippen molar-refractivity contribution < 1.29 is 14.2 Å². The predicted molar refractivity (Wildman–Crippen MR) is 181 cm³/mol. The Bertz CT molecular complexity index is 1240. The summed E-state index contributed by atoms with van der Waals surface area (Å²) in [7, 11) is 7.65. The van der Waals surface area contributed by atoms with Crippen molar-refractivity contribution in [3.05, 3.63) is 53.1 Å². The second-order valence-electron chi connectivity index (χ2n) is 16.2. The summed E-state index contributed by atoms with van der Waals surface area (Å²) in [6.45, 7) is 10.6. The third-order valence-electron chi connectivity index (χ3n) is 13.5. The number of fused-ring (bicyclic) bond motifs is 2. The summed E-state index contributed by atoms with van der Waals surface area (Å²) >= 11 is 0. The molecule has 0 aromatic heterocycles. The van der Waals surface area contributed by atoms with Crippen molar-refractivity contribution in [1.82, 2.24) is 4.90 Å². The van der Waals surface area contributed by atoms with E-state index in [2.05, 4.69) is 57.8 Å². The maximum Gasteiger partial charge on any atom is 0.125 e. The molecular formula is C40H59NO3. The zero-order valence-corrected chi connectivity index (χ0v) is 29.0. The first kappa shape index (κ1) is 31.8. The molecule has 2 aromatic rings. The lowest BCUT2D eigenvalue weighted by Gasteiger charge is -2.62. The number of methoxy groups -OCH3 is 3. The Hall–Kier alpha value is -2.20. The number of nitrogens with zero attached hydrogens (tertiary/aromatic N) is 1. The van der Waals surface area contributed by atoms with Gasteiger partial charge in [0, 0.05) is 23.2 Å². The fraction of sp³-hybridized carbons (Fsp3) is 0.700. The van der Waals surface area contributed by atoms with Gasteiger partial charge in [0.25, 0.3) is 0 Å². The van der Waals surface area contributed by atoms with Gasteiger partial charge in [-0.05, 0) is 143 Å². The summed E-state index contributed by atoms with van der Waals surface area (Å²) in [4.78, 5) is 2.68. The zero-order chi connectivity index (χ0) is 31.2. The van der Waals surface area contributed by atoms with Crippen molar-refractivity contribution in [3.63, 3.8) is 0 Å². The van der Waals surface area contributed by atoms with Crippen LogP contribution >= 0.6 is 0 Å². The lowest BCUT2D eigenvalue weighted by atomic mass is 9.43. The van der Waals surface area contributed by atoms with E-state index in [1.807, 2.05) is 18.2 Å². The second-order valence-corrected chi connectivity index (χ2v) is 16.2. The highest BCUT2D eigenvalue weighted by atomic mass is 16.5. The van der Waals surface area contributed by atoms with E-state index in [1.165, 1.54) is 74.5 Å². The van der Waals surface area contributed by atoms with E-state index in [9.17, 15) is 0 Å². The van der Waals surface area contributed by atoms with Crippen molar-refractivity contribution in [2.24, 2.45) is 46.8 Å². The van der Waals surface area contributed by atoms with E-state index in [4.69, 9.17) is 14.2 Å². The third kappa shape index (κ3) is 5.90. The number of hydrogen-bond donors (Lipinski definition) is 0. The van der Waals surface area contributed by atoms with Crippen molar-refractivity contribution in [2.75, 3.05) is 28.4 Å². The SMILES string of the molecule is COc1ccc(C)cc1CN(C)C12CC3CC(CC(C3)C1)C2.COc1cccc(OC)c1CC[C@H]1C[C@H]2C[C@@H]([C@@H]1C)C2(C)C. The summed E-state index contributed by atoms with van der Waals surface area (Å²) in [6, 6.07) is 12.7. The molecule has 7 saturated carbocycles. The van der Waals surface area contributed by atoms with Crippen LogP contribution in [0.3, 0.4) is 0 Å². The number of hydrogen-bond acceptors (Lipinski definition) is 4. The van der Waals surface area contributed by atoms with Crippen molar-refractivity contribution in [1.29, 1.82) is 0 Å². The molecule has 0 amide bonds. The first-order chi connectivity index (χ1) is 21.1. The lowest BCUT2D eigenvalue weighted by molar-refractivity contribution is -0.129. The van der Waals surface area contributed by atoms with Gasteiger partial charge in [-0.1, -0.05) is 44.5 Å². The Labute approximate surface area is 268 Å². The van der Waals surface area contributed by atoms with Crippen LogP contribution in [-0.4, -0.2) is 38.8 Å². The monoisotopic (exact) mass is 601 g/mol. The number of benzene rings is 2. The molecule has 7 aliphatic carbocycles. The molecule has 6 bridgehead atoms. The van der Waals surface area contributed by atoms with Gasteiger partial charge >= 0.3 is 0 Å². The molecule has 0 radical (unpaired) electrons. The fourth-order valence-corrected chi connectivity index (χ4v) is 11.1. The van der Waals surface area contributed by atoms with Gasteiger partial charge in [-0.2, -0.15) is 0 Å². The molecule has 0 saturated heterocycles. The van der Waals surface area contributed by atoms with Crippen LogP contribution in [-0.2, 0) is 13.0 Å². The third-order valence-corrected chi connectivity index (χ3v) is 13.5. The van der Waals surface area contributed by atoms with Crippen LogP contribution < -0.4 is 14.2 Å². The minimum atomic E-state index is 0.476. The maximum atomic E-state index is 5.59. The van der Waals surface area contributed by atoms with Gasteiger partial charge in [-0.15, -0.1) is 0 Å². The molecule has 0 unspecified atom stereocenters. The molecule has 0 heterocycles. The summed E-state index contributed by atoms with van der Waals surface area (Å²) < 4.78 is 16.7.